The predicted molar refractivity (Wildman–Crippen MR) is 264 cm³/mol. The van der Waals surface area contributed by atoms with Crippen molar-refractivity contribution in [1.82, 2.24) is 0 Å². The van der Waals surface area contributed by atoms with Crippen molar-refractivity contribution in [3.63, 3.8) is 0 Å². The van der Waals surface area contributed by atoms with Gasteiger partial charge in [-0.05, 0) is 132 Å². The van der Waals surface area contributed by atoms with Gasteiger partial charge in [-0.15, -0.1) is 0 Å². The van der Waals surface area contributed by atoms with E-state index in [0.29, 0.717) is 32.1 Å². The predicted octanol–water partition coefficient (Wildman–Crippen LogP) is -0.967. The lowest BCUT2D eigenvalue weighted by molar-refractivity contribution is -0.378. The van der Waals surface area contributed by atoms with Crippen molar-refractivity contribution >= 4 is 6.29 Å². The van der Waals surface area contributed by atoms with Gasteiger partial charge in [0.2, 0.25) is 0 Å². The zero-order valence-electron chi connectivity index (χ0n) is 45.3. The molecule has 13 N–H and O–H groups in total. The number of aliphatic hydroxyl groups excluding tert-OH is 13. The summed E-state index contributed by atoms with van der Waals surface area (Å²) in [6, 6.07) is 0. The molecular weight excluding hydrogens is 1000 g/mol. The lowest BCUT2D eigenvalue weighted by Gasteiger charge is -2.68. The largest absolute Gasteiger partial charge is 0.394 e. The summed E-state index contributed by atoms with van der Waals surface area (Å²) >= 11 is 0. The minimum atomic E-state index is -1.83. The summed E-state index contributed by atoms with van der Waals surface area (Å²) in [7, 11) is 0. The molecule has 4 aliphatic carbocycles. The van der Waals surface area contributed by atoms with Crippen molar-refractivity contribution in [2.45, 2.75) is 254 Å². The monoisotopic (exact) mass is 1090 g/mol. The van der Waals surface area contributed by atoms with Gasteiger partial charge in [0.1, 0.15) is 97.8 Å². The molecule has 0 aromatic carbocycles. The fourth-order valence-electron chi connectivity index (χ4n) is 16.3. The topological polar surface area (TPSA) is 354 Å². The summed E-state index contributed by atoms with van der Waals surface area (Å²) in [5, 5.41) is 139. The van der Waals surface area contributed by atoms with Crippen molar-refractivity contribution < 1.29 is 109 Å². The van der Waals surface area contributed by atoms with Gasteiger partial charge in [0.15, 0.2) is 25.2 Å². The molecule has 8 aliphatic rings. The summed E-state index contributed by atoms with van der Waals surface area (Å²) < 4.78 is 49.1. The molecule has 0 amide bonds. The molecule has 29 unspecified atom stereocenters. The molecule has 29 atom stereocenters. The summed E-state index contributed by atoms with van der Waals surface area (Å²) in [6.07, 6.45) is -21.1. The number of allylic oxidation sites excluding steroid dienone is 2. The molecule has 22 nitrogen and oxygen atoms in total. The lowest BCUT2D eigenvalue weighted by Crippen LogP contribution is -2.67. The van der Waals surface area contributed by atoms with Crippen LogP contribution < -0.4 is 0 Å². The third-order valence-electron chi connectivity index (χ3n) is 20.4. The van der Waals surface area contributed by atoms with Gasteiger partial charge in [-0.25, -0.2) is 0 Å². The first-order valence-electron chi connectivity index (χ1n) is 27.7. The molecule has 22 heteroatoms. The van der Waals surface area contributed by atoms with Crippen LogP contribution >= 0.6 is 0 Å². The van der Waals surface area contributed by atoms with Crippen molar-refractivity contribution in [2.75, 3.05) is 19.8 Å². The van der Waals surface area contributed by atoms with Crippen molar-refractivity contribution in [1.29, 1.82) is 0 Å². The van der Waals surface area contributed by atoms with Gasteiger partial charge in [0.05, 0.1) is 37.6 Å². The average molecular weight is 1090 g/mol. The van der Waals surface area contributed by atoms with Crippen LogP contribution in [0.3, 0.4) is 0 Å². The number of aliphatic hydroxyl groups is 13. The van der Waals surface area contributed by atoms with E-state index in [-0.39, 0.29) is 34.5 Å². The standard InChI is InChI=1S/C54H90O22/c1-24(2)10-9-16-53(8,76-48-44(68)40(64)37(61)28(73-48)22-69-46-42(66)38(62)34(58)25(3)70-46)31-12-11-30-51(31,6)18-14-32-52(30,7)17-13-29-50(4,5)33(15-19-54(29,32)23-57)74-49-45(41(65)36(60)27(21-56)72-49)75-47-43(67)39(63)35(59)26(20-55)71-47/h10,23,25-49,55-56,58-68H,9,11-22H2,1-8H3. The minimum Gasteiger partial charge on any atom is -0.394 e. The number of aldehydes is 1. The second kappa shape index (κ2) is 23.1. The molecule has 0 radical (unpaired) electrons. The molecule has 0 bridgehead atoms. The van der Waals surface area contributed by atoms with Gasteiger partial charge >= 0.3 is 0 Å². The van der Waals surface area contributed by atoms with Gasteiger partial charge in [-0.2, -0.15) is 0 Å². The third kappa shape index (κ3) is 10.6. The van der Waals surface area contributed by atoms with E-state index in [0.717, 1.165) is 37.7 Å². The van der Waals surface area contributed by atoms with Crippen molar-refractivity contribution in [2.24, 2.45) is 45.3 Å². The molecule has 438 valence electrons. The van der Waals surface area contributed by atoms with Gasteiger partial charge in [0.25, 0.3) is 0 Å². The van der Waals surface area contributed by atoms with Gasteiger partial charge < -0.3 is 109 Å². The zero-order valence-corrected chi connectivity index (χ0v) is 45.3. The molecule has 0 aromatic rings. The number of fused-ring (bicyclic) bond motifs is 5. The highest BCUT2D eigenvalue weighted by atomic mass is 16.8. The number of ether oxygens (including phenoxy) is 8. The Morgan fingerprint density at radius 1 is 0.579 bits per heavy atom. The van der Waals surface area contributed by atoms with Crippen LogP contribution in [0.4, 0.5) is 0 Å². The van der Waals surface area contributed by atoms with Crippen LogP contribution in [0.5, 0.6) is 0 Å². The van der Waals surface area contributed by atoms with E-state index in [1.807, 2.05) is 20.8 Å². The molecule has 76 heavy (non-hydrogen) atoms. The van der Waals surface area contributed by atoms with E-state index in [9.17, 15) is 71.2 Å². The van der Waals surface area contributed by atoms with Crippen LogP contribution in [-0.4, -0.2) is 227 Å². The Labute approximate surface area is 445 Å². The third-order valence-corrected chi connectivity index (χ3v) is 20.4. The molecule has 0 spiro atoms. The molecular formula is C54H90O22. The number of carbonyl (C=O) groups is 1. The fourth-order valence-corrected chi connectivity index (χ4v) is 16.3. The van der Waals surface area contributed by atoms with Crippen LogP contribution in [0.25, 0.3) is 0 Å². The van der Waals surface area contributed by atoms with Crippen LogP contribution in [-0.2, 0) is 42.7 Å². The molecule has 8 rings (SSSR count). The maximum absolute atomic E-state index is 14.1. The van der Waals surface area contributed by atoms with Crippen LogP contribution in [0.1, 0.15) is 120 Å². The summed E-state index contributed by atoms with van der Waals surface area (Å²) in [6.45, 7) is 14.5. The van der Waals surface area contributed by atoms with E-state index in [1.165, 1.54) is 13.2 Å². The van der Waals surface area contributed by atoms with Crippen molar-refractivity contribution in [3.05, 3.63) is 11.6 Å². The second-order valence-electron chi connectivity index (χ2n) is 25.4. The number of rotatable bonds is 16. The minimum absolute atomic E-state index is 0.0185. The Morgan fingerprint density at radius 2 is 1.13 bits per heavy atom. The first kappa shape index (κ1) is 60.7. The Kier molecular flexibility index (Phi) is 18.4. The highest BCUT2D eigenvalue weighted by Gasteiger charge is 2.71. The average Bonchev–Trinajstić information content (AvgIpc) is 3.77. The maximum Gasteiger partial charge on any atom is 0.187 e. The Morgan fingerprint density at radius 3 is 1.76 bits per heavy atom. The van der Waals surface area contributed by atoms with E-state index in [4.69, 9.17) is 37.9 Å². The van der Waals surface area contributed by atoms with Crippen LogP contribution in [0, 0.1) is 45.3 Å². The molecule has 8 fully saturated rings. The van der Waals surface area contributed by atoms with Gasteiger partial charge in [0, 0.05) is 5.41 Å². The van der Waals surface area contributed by atoms with E-state index >= 15 is 0 Å². The SMILES string of the molecule is CC(C)=CCCC(C)(OC1OC(COC2OC(C)C(O)C(O)C2O)C(O)C(O)C1O)C1CCC2C1(C)CCC1C2(C)CCC2C(C)(C)C(OC3OC(CO)C(O)C(O)C3OC3OC(CO)C(O)C(O)C3O)CCC21C=O. The molecule has 0 aromatic heterocycles. The van der Waals surface area contributed by atoms with Gasteiger partial charge in [-0.1, -0.05) is 39.3 Å². The Hall–Kier alpha value is -1.43. The maximum atomic E-state index is 14.1. The first-order valence-corrected chi connectivity index (χ1v) is 27.7. The first-order chi connectivity index (χ1) is 35.6. The normalized spacial score (nSPS) is 52.1. The molecule has 4 aliphatic heterocycles. The van der Waals surface area contributed by atoms with Gasteiger partial charge in [-0.3, -0.25) is 0 Å². The summed E-state index contributed by atoms with van der Waals surface area (Å²) in [5.41, 5.74) is -1.91. The fraction of sp³-hybridized carbons (Fsp3) is 0.944. The molecule has 4 saturated heterocycles. The van der Waals surface area contributed by atoms with Crippen molar-refractivity contribution in [3.8, 4) is 0 Å². The van der Waals surface area contributed by atoms with Crippen LogP contribution in [0.15, 0.2) is 11.6 Å². The number of carbonyl (C=O) groups excluding carboxylic acids is 1. The lowest BCUT2D eigenvalue weighted by atomic mass is 9.36. The number of hydrogen-bond donors (Lipinski definition) is 13. The Balaban J connectivity index is 1.01. The van der Waals surface area contributed by atoms with Crippen LogP contribution in [0.2, 0.25) is 0 Å². The molecule has 4 heterocycles. The zero-order chi connectivity index (χ0) is 55.8. The highest BCUT2D eigenvalue weighted by Crippen LogP contribution is 2.75. The summed E-state index contributed by atoms with van der Waals surface area (Å²) in [4.78, 5) is 14.1. The second-order valence-corrected chi connectivity index (χ2v) is 25.4. The molecule has 4 saturated carbocycles. The Bertz CT molecular complexity index is 1990. The highest BCUT2D eigenvalue weighted by molar-refractivity contribution is 5.62. The smallest absolute Gasteiger partial charge is 0.187 e. The quantitative estimate of drug-likeness (QED) is 0.0503. The summed E-state index contributed by atoms with van der Waals surface area (Å²) in [5.74, 6) is -0.135. The van der Waals surface area contributed by atoms with E-state index < -0.39 is 165 Å². The number of hydrogen-bond acceptors (Lipinski definition) is 22. The van der Waals surface area contributed by atoms with E-state index in [1.54, 1.807) is 0 Å². The van der Waals surface area contributed by atoms with E-state index in [2.05, 4.69) is 33.8 Å².